The molecule has 6 N–H and O–H groups in total. The van der Waals surface area contributed by atoms with Crippen molar-refractivity contribution < 1.29 is 49.8 Å². The zero-order valence-corrected chi connectivity index (χ0v) is 28.0. The van der Waals surface area contributed by atoms with Gasteiger partial charge in [0.2, 0.25) is 23.6 Å². The average molecular weight is 695 g/mol. The van der Waals surface area contributed by atoms with Crippen LogP contribution in [-0.2, 0) is 38.4 Å². The van der Waals surface area contributed by atoms with Gasteiger partial charge in [0.05, 0.1) is 37.1 Å². The number of thioether (sulfide) groups is 1. The molecule has 2 aliphatic heterocycles. The maximum Gasteiger partial charge on any atom is 0.233 e. The molecule has 4 unspecified atom stereocenters. The summed E-state index contributed by atoms with van der Waals surface area (Å²) in [6, 6.07) is 16.7. The minimum atomic E-state index is -0.601. The van der Waals surface area contributed by atoms with Crippen molar-refractivity contribution >= 4 is 35.4 Å². The molecule has 4 atom stereocenters. The van der Waals surface area contributed by atoms with E-state index >= 15 is 0 Å². The number of amides is 4. The number of benzene rings is 3. The number of likely N-dealkylation sites (tertiary alicyclic amines) is 2. The molecule has 0 radical (unpaired) electrons. The normalized spacial score (nSPS) is 18.8. The van der Waals surface area contributed by atoms with Crippen molar-refractivity contribution in [1.82, 2.24) is 9.80 Å². The summed E-state index contributed by atoms with van der Waals surface area (Å²) in [7, 11) is 0. The topological polar surface area (TPSA) is 196 Å². The molecular weight excluding hydrogens is 652 g/mol. The van der Waals surface area contributed by atoms with Crippen molar-refractivity contribution in [1.29, 1.82) is 0 Å². The number of phenols is 4. The van der Waals surface area contributed by atoms with E-state index in [2.05, 4.69) is 0 Å². The number of nitrogens with zero attached hydrogens (tertiary/aromatic N) is 2. The summed E-state index contributed by atoms with van der Waals surface area (Å²) in [6.07, 6.45) is 3.45. The minimum absolute atomic E-state index is 0.0461. The Morgan fingerprint density at radius 3 is 1.59 bits per heavy atom. The predicted octanol–water partition coefficient (Wildman–Crippen LogP) is 2.75. The lowest BCUT2D eigenvalue weighted by Gasteiger charge is -2.25. The second-order valence-corrected chi connectivity index (χ2v) is 13.2. The second-order valence-electron chi connectivity index (χ2n) is 12.2. The monoisotopic (exact) mass is 694 g/mol. The summed E-state index contributed by atoms with van der Waals surface area (Å²) in [4.78, 5) is 52.2. The molecule has 2 fully saturated rings. The van der Waals surface area contributed by atoms with Crippen LogP contribution in [0.3, 0.4) is 0 Å². The molecule has 49 heavy (non-hydrogen) atoms. The maximum absolute atomic E-state index is 12.8. The van der Waals surface area contributed by atoms with E-state index in [-0.39, 0.29) is 85.5 Å². The number of aliphatic hydroxyl groups is 2. The first kappa shape index (κ1) is 37.2. The van der Waals surface area contributed by atoms with Gasteiger partial charge in [0.1, 0.15) is 23.0 Å². The van der Waals surface area contributed by atoms with Crippen LogP contribution >= 0.6 is 11.8 Å². The molecule has 5 rings (SSSR count). The van der Waals surface area contributed by atoms with Gasteiger partial charge < -0.3 is 30.6 Å². The van der Waals surface area contributed by atoms with Crippen molar-refractivity contribution in [2.75, 3.05) is 25.2 Å². The molecule has 12 nitrogen and oxygen atoms in total. The molecule has 3 aromatic rings. The molecule has 262 valence electrons. The Labute approximate surface area is 288 Å². The fourth-order valence-electron chi connectivity index (χ4n) is 6.18. The summed E-state index contributed by atoms with van der Waals surface area (Å²) < 4.78 is 0. The molecule has 0 saturated carbocycles. The minimum Gasteiger partial charge on any atom is -0.508 e. The zero-order chi connectivity index (χ0) is 35.7. The first-order chi connectivity index (χ1) is 23.5. The lowest BCUT2D eigenvalue weighted by atomic mass is 9.97. The molecule has 0 spiro atoms. The highest BCUT2D eigenvalue weighted by Gasteiger charge is 2.43. The van der Waals surface area contributed by atoms with E-state index < -0.39 is 23.9 Å². The van der Waals surface area contributed by atoms with Gasteiger partial charge in [-0.15, -0.1) is 0 Å². The van der Waals surface area contributed by atoms with Crippen LogP contribution in [0, 0.1) is 11.8 Å². The Morgan fingerprint density at radius 1 is 0.694 bits per heavy atom. The van der Waals surface area contributed by atoms with E-state index in [4.69, 9.17) is 0 Å². The standard InChI is InChI=1S/C20H21NO5.C16H21NO5S/c22-12-16(8-13-4-2-1-3-5-13)21-19(25)10-15(20(21)26)9-14-6-7-17(23)11-18(14)24;1-23-5-4-12(9-18)17-15(21)7-11(16(17)22)6-10-2-3-13(19)8-14(10)20/h1-7,11,15-16,22-24H,8-10,12H2;2-3,8,11-12,18-20H,4-7,9H2,1H3. The van der Waals surface area contributed by atoms with Gasteiger partial charge >= 0.3 is 0 Å². The lowest BCUT2D eigenvalue weighted by Crippen LogP contribution is -2.44. The number of phenolic OH excluding ortho intramolecular Hbond substituents is 4. The molecule has 0 aliphatic carbocycles. The second kappa shape index (κ2) is 17.2. The Balaban J connectivity index is 0.000000223. The molecule has 0 aromatic heterocycles. The third-order valence-corrected chi connectivity index (χ3v) is 9.39. The number of aromatic hydroxyl groups is 4. The van der Waals surface area contributed by atoms with Crippen molar-refractivity contribution in [2.24, 2.45) is 11.8 Å². The van der Waals surface area contributed by atoms with Gasteiger partial charge in [0, 0.05) is 25.0 Å². The van der Waals surface area contributed by atoms with Crippen LogP contribution < -0.4 is 0 Å². The molecule has 2 aliphatic rings. The largest absolute Gasteiger partial charge is 0.508 e. The molecule has 2 heterocycles. The maximum atomic E-state index is 12.8. The summed E-state index contributed by atoms with van der Waals surface area (Å²) in [5.41, 5.74) is 1.95. The van der Waals surface area contributed by atoms with E-state index in [0.29, 0.717) is 24.0 Å². The summed E-state index contributed by atoms with van der Waals surface area (Å²) in [6.45, 7) is -0.543. The average Bonchev–Trinajstić information content (AvgIpc) is 3.51. The fraction of sp³-hybridized carbons (Fsp3) is 0.389. The van der Waals surface area contributed by atoms with Crippen LogP contribution in [0.2, 0.25) is 0 Å². The Hall–Kier alpha value is -4.59. The van der Waals surface area contributed by atoms with Gasteiger partial charge in [-0.1, -0.05) is 42.5 Å². The number of imide groups is 2. The van der Waals surface area contributed by atoms with Gasteiger partial charge in [0.25, 0.3) is 0 Å². The Bertz CT molecular complexity index is 1640. The number of carbonyl (C=O) groups excluding carboxylic acids is 4. The van der Waals surface area contributed by atoms with E-state index in [1.165, 1.54) is 29.2 Å². The van der Waals surface area contributed by atoms with Gasteiger partial charge in [-0.05, 0) is 66.5 Å². The molecule has 0 bridgehead atoms. The van der Waals surface area contributed by atoms with Gasteiger partial charge in [-0.3, -0.25) is 29.0 Å². The first-order valence-electron chi connectivity index (χ1n) is 15.9. The fourth-order valence-corrected chi connectivity index (χ4v) is 6.69. The Kier molecular flexibility index (Phi) is 13.1. The number of hydrogen-bond acceptors (Lipinski definition) is 11. The van der Waals surface area contributed by atoms with Crippen molar-refractivity contribution in [3.05, 3.63) is 83.4 Å². The van der Waals surface area contributed by atoms with Crippen LogP contribution in [-0.4, -0.2) is 101 Å². The van der Waals surface area contributed by atoms with Crippen molar-refractivity contribution in [2.45, 2.75) is 50.6 Å². The quantitative estimate of drug-likeness (QED) is 0.144. The molecule has 4 amide bonds. The van der Waals surface area contributed by atoms with Crippen LogP contribution in [0.15, 0.2) is 66.7 Å². The van der Waals surface area contributed by atoms with Crippen LogP contribution in [0.25, 0.3) is 0 Å². The summed E-state index contributed by atoms with van der Waals surface area (Å²) in [5.74, 6) is -1.91. The van der Waals surface area contributed by atoms with E-state index in [9.17, 15) is 49.8 Å². The third-order valence-electron chi connectivity index (χ3n) is 8.74. The smallest absolute Gasteiger partial charge is 0.233 e. The lowest BCUT2D eigenvalue weighted by molar-refractivity contribution is -0.144. The number of hydrogen-bond donors (Lipinski definition) is 6. The Morgan fingerprint density at radius 2 is 1.16 bits per heavy atom. The van der Waals surface area contributed by atoms with Crippen molar-refractivity contribution in [3.63, 3.8) is 0 Å². The molecular formula is C36H42N2O10S. The molecule has 3 aromatic carbocycles. The molecule has 13 heteroatoms. The van der Waals surface area contributed by atoms with E-state index in [1.807, 2.05) is 36.6 Å². The van der Waals surface area contributed by atoms with Gasteiger partial charge in [-0.25, -0.2) is 0 Å². The van der Waals surface area contributed by atoms with Gasteiger partial charge in [0.15, 0.2) is 0 Å². The first-order valence-corrected chi connectivity index (χ1v) is 17.3. The zero-order valence-electron chi connectivity index (χ0n) is 27.1. The highest BCUT2D eigenvalue weighted by molar-refractivity contribution is 7.98. The van der Waals surface area contributed by atoms with Crippen molar-refractivity contribution in [3.8, 4) is 23.0 Å². The summed E-state index contributed by atoms with van der Waals surface area (Å²) >= 11 is 1.60. The third kappa shape index (κ3) is 9.31. The number of carbonyl (C=O) groups is 4. The van der Waals surface area contributed by atoms with E-state index in [1.54, 1.807) is 23.9 Å². The predicted molar refractivity (Wildman–Crippen MR) is 182 cm³/mol. The molecule has 2 saturated heterocycles. The summed E-state index contributed by atoms with van der Waals surface area (Å²) in [5, 5.41) is 57.6. The number of aliphatic hydroxyl groups excluding tert-OH is 2. The van der Waals surface area contributed by atoms with Crippen LogP contribution in [0.5, 0.6) is 23.0 Å². The van der Waals surface area contributed by atoms with Crippen LogP contribution in [0.1, 0.15) is 36.0 Å². The van der Waals surface area contributed by atoms with E-state index in [0.717, 1.165) is 16.2 Å². The number of rotatable bonds is 13. The highest BCUT2D eigenvalue weighted by atomic mass is 32.2. The SMILES string of the molecule is CSCCC(CO)N1C(=O)CC(Cc2ccc(O)cc2O)C1=O.O=C1CC(Cc2ccc(O)cc2O)C(=O)N1C(CO)Cc1ccccc1. The van der Waals surface area contributed by atoms with Gasteiger partial charge in [-0.2, -0.15) is 11.8 Å². The van der Waals surface area contributed by atoms with Crippen LogP contribution in [0.4, 0.5) is 0 Å². The highest BCUT2D eigenvalue weighted by Crippen LogP contribution is 2.32.